The van der Waals surface area contributed by atoms with Crippen LogP contribution in [-0.2, 0) is 13.1 Å². The molecule has 0 radical (unpaired) electrons. The van der Waals surface area contributed by atoms with Crippen LogP contribution >= 0.6 is 0 Å². The van der Waals surface area contributed by atoms with Crippen LogP contribution in [0.25, 0.3) is 0 Å². The molecule has 0 bridgehead atoms. The molecule has 2 rings (SSSR count). The van der Waals surface area contributed by atoms with E-state index < -0.39 is 0 Å². The summed E-state index contributed by atoms with van der Waals surface area (Å²) in [7, 11) is 0. The molecule has 18 heavy (non-hydrogen) atoms. The predicted molar refractivity (Wildman–Crippen MR) is 68.9 cm³/mol. The van der Waals surface area contributed by atoms with Crippen LogP contribution in [0.3, 0.4) is 0 Å². The van der Waals surface area contributed by atoms with Gasteiger partial charge in [0.25, 0.3) is 5.69 Å². The van der Waals surface area contributed by atoms with Gasteiger partial charge < -0.3 is 5.32 Å². The van der Waals surface area contributed by atoms with E-state index in [1.807, 2.05) is 24.3 Å². The van der Waals surface area contributed by atoms with Gasteiger partial charge in [-0.2, -0.15) is 0 Å². The highest BCUT2D eigenvalue weighted by molar-refractivity contribution is 5.33. The largest absolute Gasteiger partial charge is 0.339 e. The zero-order valence-electron chi connectivity index (χ0n) is 9.95. The number of nitrogens with two attached hydrogens (primary N) is 1. The maximum absolute atomic E-state index is 10.6. The molecule has 0 aliphatic heterocycles. The summed E-state index contributed by atoms with van der Waals surface area (Å²) >= 11 is 0. The van der Waals surface area contributed by atoms with E-state index in [-0.39, 0.29) is 10.6 Å². The molecule has 92 valence electrons. The van der Waals surface area contributed by atoms with Gasteiger partial charge in [-0.1, -0.05) is 42.5 Å². The summed E-state index contributed by atoms with van der Waals surface area (Å²) in [4.78, 5) is 10.3. The van der Waals surface area contributed by atoms with Crippen molar-refractivity contribution in [2.75, 3.05) is 0 Å². The summed E-state index contributed by atoms with van der Waals surface area (Å²) in [5.74, 6) is 0. The number of hydrogen-bond donors (Lipinski definition) is 1. The molecule has 0 aliphatic carbocycles. The SMILES string of the molecule is O=[N+]([O-])c1cccc(C[NH2+]Cc2ccccc2)c1. The minimum atomic E-state index is -0.360. The second kappa shape index (κ2) is 5.93. The molecular weight excluding hydrogens is 228 g/mol. The zero-order valence-corrected chi connectivity index (χ0v) is 9.95. The number of non-ortho nitro benzene ring substituents is 1. The fourth-order valence-electron chi connectivity index (χ4n) is 1.82. The Morgan fingerprint density at radius 3 is 2.33 bits per heavy atom. The number of nitrogens with zero attached hydrogens (tertiary/aromatic N) is 1. The predicted octanol–water partition coefficient (Wildman–Crippen LogP) is 1.86. The second-order valence-corrected chi connectivity index (χ2v) is 4.11. The van der Waals surface area contributed by atoms with E-state index >= 15 is 0 Å². The van der Waals surface area contributed by atoms with Gasteiger partial charge in [0.1, 0.15) is 13.1 Å². The quantitative estimate of drug-likeness (QED) is 0.643. The van der Waals surface area contributed by atoms with Crippen molar-refractivity contribution in [2.45, 2.75) is 13.1 Å². The average molecular weight is 243 g/mol. The number of nitro benzene ring substituents is 1. The van der Waals surface area contributed by atoms with Crippen molar-refractivity contribution in [1.82, 2.24) is 0 Å². The molecule has 0 unspecified atom stereocenters. The Kier molecular flexibility index (Phi) is 4.04. The van der Waals surface area contributed by atoms with Crippen molar-refractivity contribution in [1.29, 1.82) is 0 Å². The lowest BCUT2D eigenvalue weighted by Gasteiger charge is -2.02. The second-order valence-electron chi connectivity index (χ2n) is 4.11. The molecule has 0 fully saturated rings. The lowest BCUT2D eigenvalue weighted by molar-refractivity contribution is -0.686. The standard InChI is InChI=1S/C14H14N2O2/c17-16(18)14-8-4-7-13(9-14)11-15-10-12-5-2-1-3-6-12/h1-9,15H,10-11H2/p+1. The van der Waals surface area contributed by atoms with E-state index in [1.165, 1.54) is 11.6 Å². The first kappa shape index (κ1) is 12.3. The van der Waals surface area contributed by atoms with E-state index in [2.05, 4.69) is 17.4 Å². The van der Waals surface area contributed by atoms with E-state index in [0.717, 1.165) is 18.7 Å². The first-order valence-electron chi connectivity index (χ1n) is 5.84. The first-order chi connectivity index (χ1) is 8.75. The normalized spacial score (nSPS) is 10.2. The van der Waals surface area contributed by atoms with Gasteiger partial charge in [0.2, 0.25) is 0 Å². The Balaban J connectivity index is 1.90. The van der Waals surface area contributed by atoms with Gasteiger partial charge in [-0.25, -0.2) is 0 Å². The third-order valence-corrected chi connectivity index (χ3v) is 2.72. The Morgan fingerprint density at radius 1 is 0.944 bits per heavy atom. The summed E-state index contributed by atoms with van der Waals surface area (Å²) in [6.45, 7) is 1.63. The summed E-state index contributed by atoms with van der Waals surface area (Å²) in [5, 5.41) is 12.8. The Morgan fingerprint density at radius 2 is 1.61 bits per heavy atom. The van der Waals surface area contributed by atoms with Gasteiger partial charge in [-0.3, -0.25) is 10.1 Å². The average Bonchev–Trinajstić information content (AvgIpc) is 2.40. The van der Waals surface area contributed by atoms with Crippen molar-refractivity contribution >= 4 is 5.69 Å². The molecule has 0 aromatic heterocycles. The fraction of sp³-hybridized carbons (Fsp3) is 0.143. The number of quaternary nitrogens is 1. The summed E-state index contributed by atoms with van der Waals surface area (Å²) in [6.07, 6.45) is 0. The molecule has 0 spiro atoms. The first-order valence-corrected chi connectivity index (χ1v) is 5.84. The molecule has 4 nitrogen and oxygen atoms in total. The van der Waals surface area contributed by atoms with Crippen LogP contribution in [0.4, 0.5) is 5.69 Å². The molecule has 4 heteroatoms. The third-order valence-electron chi connectivity index (χ3n) is 2.72. The molecule has 0 aliphatic rings. The Labute approximate surface area is 105 Å². The molecule has 0 saturated carbocycles. The van der Waals surface area contributed by atoms with Gasteiger partial charge in [0.05, 0.1) is 4.92 Å². The molecule has 0 saturated heterocycles. The van der Waals surface area contributed by atoms with E-state index in [0.29, 0.717) is 0 Å². The highest BCUT2D eigenvalue weighted by Crippen LogP contribution is 2.11. The van der Waals surface area contributed by atoms with Crippen LogP contribution in [0.2, 0.25) is 0 Å². The maximum Gasteiger partial charge on any atom is 0.269 e. The highest BCUT2D eigenvalue weighted by atomic mass is 16.6. The van der Waals surface area contributed by atoms with Gasteiger partial charge >= 0.3 is 0 Å². The van der Waals surface area contributed by atoms with Crippen LogP contribution in [-0.4, -0.2) is 4.92 Å². The van der Waals surface area contributed by atoms with Crippen LogP contribution in [0, 0.1) is 10.1 Å². The number of benzene rings is 2. The van der Waals surface area contributed by atoms with Gasteiger partial charge in [0, 0.05) is 23.3 Å². The Hall–Kier alpha value is -2.20. The molecule has 2 aromatic rings. The summed E-state index contributed by atoms with van der Waals surface area (Å²) in [6, 6.07) is 16.9. The van der Waals surface area contributed by atoms with Crippen molar-refractivity contribution < 1.29 is 10.2 Å². The van der Waals surface area contributed by atoms with Crippen molar-refractivity contribution in [3.63, 3.8) is 0 Å². The van der Waals surface area contributed by atoms with Crippen LogP contribution in [0.5, 0.6) is 0 Å². The zero-order chi connectivity index (χ0) is 12.8. The van der Waals surface area contributed by atoms with Crippen molar-refractivity contribution in [3.05, 3.63) is 75.8 Å². The van der Waals surface area contributed by atoms with Crippen molar-refractivity contribution in [2.24, 2.45) is 0 Å². The fourth-order valence-corrected chi connectivity index (χ4v) is 1.82. The monoisotopic (exact) mass is 243 g/mol. The van der Waals surface area contributed by atoms with E-state index in [4.69, 9.17) is 0 Å². The topological polar surface area (TPSA) is 59.8 Å². The summed E-state index contributed by atoms with van der Waals surface area (Å²) < 4.78 is 0. The number of rotatable bonds is 5. The molecular formula is C14H15N2O2+. The smallest absolute Gasteiger partial charge is 0.269 e. The minimum Gasteiger partial charge on any atom is -0.339 e. The van der Waals surface area contributed by atoms with E-state index in [9.17, 15) is 10.1 Å². The molecule has 0 amide bonds. The van der Waals surface area contributed by atoms with Crippen LogP contribution in [0.15, 0.2) is 54.6 Å². The Bertz CT molecular complexity index is 526. The molecule has 2 aromatic carbocycles. The minimum absolute atomic E-state index is 0.153. The van der Waals surface area contributed by atoms with Crippen LogP contribution in [0.1, 0.15) is 11.1 Å². The number of nitro groups is 1. The lowest BCUT2D eigenvalue weighted by Crippen LogP contribution is -2.80. The van der Waals surface area contributed by atoms with Crippen LogP contribution < -0.4 is 5.32 Å². The third kappa shape index (κ3) is 3.40. The van der Waals surface area contributed by atoms with E-state index in [1.54, 1.807) is 12.1 Å². The van der Waals surface area contributed by atoms with Crippen molar-refractivity contribution in [3.8, 4) is 0 Å². The molecule has 2 N–H and O–H groups in total. The van der Waals surface area contributed by atoms with Gasteiger partial charge in [-0.05, 0) is 0 Å². The van der Waals surface area contributed by atoms with Gasteiger partial charge in [-0.15, -0.1) is 0 Å². The summed E-state index contributed by atoms with van der Waals surface area (Å²) in [5.41, 5.74) is 2.38. The molecule has 0 atom stereocenters. The highest BCUT2D eigenvalue weighted by Gasteiger charge is 2.06. The van der Waals surface area contributed by atoms with Gasteiger partial charge in [0.15, 0.2) is 0 Å². The lowest BCUT2D eigenvalue weighted by atomic mass is 10.2. The molecule has 0 heterocycles. The maximum atomic E-state index is 10.6. The number of hydrogen-bond acceptors (Lipinski definition) is 2.